The van der Waals surface area contributed by atoms with Crippen LogP contribution < -0.4 is 0 Å². The van der Waals surface area contributed by atoms with Crippen LogP contribution in [0.2, 0.25) is 0 Å². The average Bonchev–Trinajstić information content (AvgIpc) is 3.30. The van der Waals surface area contributed by atoms with Gasteiger partial charge in [-0.15, -0.1) is 0 Å². The van der Waals surface area contributed by atoms with E-state index < -0.39 is 17.9 Å². The molecule has 1 aliphatic heterocycles. The van der Waals surface area contributed by atoms with Gasteiger partial charge in [-0.05, 0) is 29.8 Å². The Morgan fingerprint density at radius 2 is 1.70 bits per heavy atom. The van der Waals surface area contributed by atoms with Gasteiger partial charge in [0.05, 0.1) is 12.1 Å². The molecular weight excluding hydrogens is 384 g/mol. The molecule has 1 N–H and O–H groups in total. The molecule has 0 atom stereocenters. The highest BCUT2D eigenvalue weighted by molar-refractivity contribution is 6.13. The molecule has 2 heterocycles. The zero-order chi connectivity index (χ0) is 21.3. The first-order valence-electron chi connectivity index (χ1n) is 9.23. The molecule has 3 aromatic rings. The number of carboxylic acid groups (broad SMARTS) is 1. The lowest BCUT2D eigenvalue weighted by Gasteiger charge is -2.13. The zero-order valence-electron chi connectivity index (χ0n) is 16.1. The third kappa shape index (κ3) is 3.60. The van der Waals surface area contributed by atoms with E-state index in [-0.39, 0.29) is 17.8 Å². The highest BCUT2D eigenvalue weighted by atomic mass is 16.4. The fraction of sp³-hybridized carbons (Fsp3) is 0.0870. The van der Waals surface area contributed by atoms with Gasteiger partial charge in [-0.1, -0.05) is 42.5 Å². The molecule has 7 heteroatoms. The van der Waals surface area contributed by atoms with Crippen molar-refractivity contribution in [2.75, 3.05) is 7.05 Å². The SMILES string of the molecule is CN1C(=O)N(Cc2ccccc2)C(=O)/C1=C/c1ccc(-c2ccc(C(=O)O)cc2)o1. The van der Waals surface area contributed by atoms with Crippen molar-refractivity contribution in [3.8, 4) is 11.3 Å². The predicted octanol–water partition coefficient (Wildman–Crippen LogP) is 4.08. The first-order chi connectivity index (χ1) is 14.4. The van der Waals surface area contributed by atoms with Crippen LogP contribution in [-0.4, -0.2) is 39.9 Å². The number of aromatic carboxylic acids is 1. The largest absolute Gasteiger partial charge is 0.478 e. The maximum atomic E-state index is 12.8. The highest BCUT2D eigenvalue weighted by Crippen LogP contribution is 2.27. The van der Waals surface area contributed by atoms with Gasteiger partial charge in [0.15, 0.2) is 0 Å². The summed E-state index contributed by atoms with van der Waals surface area (Å²) in [6.45, 7) is 0.194. The summed E-state index contributed by atoms with van der Waals surface area (Å²) in [5, 5.41) is 9.00. The van der Waals surface area contributed by atoms with Crippen LogP contribution in [0.15, 0.2) is 76.8 Å². The third-order valence-corrected chi connectivity index (χ3v) is 4.85. The lowest BCUT2D eigenvalue weighted by Crippen LogP contribution is -2.30. The Labute approximate surface area is 172 Å². The van der Waals surface area contributed by atoms with Crippen molar-refractivity contribution in [2.45, 2.75) is 6.54 Å². The van der Waals surface area contributed by atoms with E-state index in [2.05, 4.69) is 0 Å². The van der Waals surface area contributed by atoms with E-state index in [1.54, 1.807) is 31.3 Å². The Hall–Kier alpha value is -4.13. The van der Waals surface area contributed by atoms with Gasteiger partial charge in [0.1, 0.15) is 17.2 Å². The van der Waals surface area contributed by atoms with Crippen LogP contribution in [0, 0.1) is 0 Å². The molecule has 2 aromatic carbocycles. The number of nitrogens with zero attached hydrogens (tertiary/aromatic N) is 2. The molecule has 7 nitrogen and oxygen atoms in total. The maximum Gasteiger partial charge on any atom is 0.335 e. The van der Waals surface area contributed by atoms with Crippen LogP contribution in [0.1, 0.15) is 21.7 Å². The van der Waals surface area contributed by atoms with E-state index in [0.717, 1.165) is 5.56 Å². The van der Waals surface area contributed by atoms with E-state index >= 15 is 0 Å². The lowest BCUT2D eigenvalue weighted by molar-refractivity contribution is -0.123. The second kappa shape index (κ2) is 7.71. The monoisotopic (exact) mass is 402 g/mol. The summed E-state index contributed by atoms with van der Waals surface area (Å²) in [7, 11) is 1.55. The number of amides is 3. The first kappa shape index (κ1) is 19.2. The minimum absolute atomic E-state index is 0.183. The Bertz CT molecular complexity index is 1150. The minimum Gasteiger partial charge on any atom is -0.478 e. The molecule has 0 aliphatic carbocycles. The Balaban J connectivity index is 1.56. The van der Waals surface area contributed by atoms with Crippen LogP contribution in [0.3, 0.4) is 0 Å². The van der Waals surface area contributed by atoms with Crippen molar-refractivity contribution in [1.29, 1.82) is 0 Å². The summed E-state index contributed by atoms with van der Waals surface area (Å²) in [6, 6.07) is 18.6. The summed E-state index contributed by atoms with van der Waals surface area (Å²) in [5.74, 6) is -0.453. The topological polar surface area (TPSA) is 91.1 Å². The van der Waals surface area contributed by atoms with Crippen LogP contribution in [0.5, 0.6) is 0 Å². The molecule has 0 radical (unpaired) electrons. The smallest absolute Gasteiger partial charge is 0.335 e. The lowest BCUT2D eigenvalue weighted by atomic mass is 10.1. The number of rotatable bonds is 5. The molecule has 30 heavy (non-hydrogen) atoms. The summed E-state index contributed by atoms with van der Waals surface area (Å²) in [6.07, 6.45) is 1.53. The van der Waals surface area contributed by atoms with Crippen LogP contribution in [0.25, 0.3) is 17.4 Å². The molecule has 0 bridgehead atoms. The van der Waals surface area contributed by atoms with E-state index in [9.17, 15) is 14.4 Å². The summed E-state index contributed by atoms with van der Waals surface area (Å²) in [5.41, 5.74) is 1.97. The van der Waals surface area contributed by atoms with Gasteiger partial charge in [-0.3, -0.25) is 14.6 Å². The second-order valence-corrected chi connectivity index (χ2v) is 6.83. The van der Waals surface area contributed by atoms with Crippen molar-refractivity contribution in [1.82, 2.24) is 9.80 Å². The standard InChI is InChI=1S/C23H18N2O5/c1-24-19(21(26)25(23(24)29)14-15-5-3-2-4-6-15)13-18-11-12-20(30-18)16-7-9-17(10-8-16)22(27)28/h2-13H,14H2,1H3,(H,27,28)/b19-13-. The van der Waals surface area contributed by atoms with Gasteiger partial charge in [-0.25, -0.2) is 9.59 Å². The number of imide groups is 1. The van der Waals surface area contributed by atoms with Crippen molar-refractivity contribution in [2.24, 2.45) is 0 Å². The van der Waals surface area contributed by atoms with Crippen molar-refractivity contribution < 1.29 is 23.9 Å². The van der Waals surface area contributed by atoms with E-state index in [0.29, 0.717) is 17.1 Å². The number of carboxylic acids is 1. The number of carbonyl (C=O) groups is 3. The van der Waals surface area contributed by atoms with E-state index in [1.807, 2.05) is 30.3 Å². The molecule has 3 amide bonds. The number of hydrogen-bond acceptors (Lipinski definition) is 4. The maximum absolute atomic E-state index is 12.8. The Kier molecular flexibility index (Phi) is 4.93. The van der Waals surface area contributed by atoms with Gasteiger partial charge < -0.3 is 9.52 Å². The third-order valence-electron chi connectivity index (χ3n) is 4.85. The number of benzene rings is 2. The zero-order valence-corrected chi connectivity index (χ0v) is 16.1. The number of carbonyl (C=O) groups excluding carboxylic acids is 2. The number of furan rings is 1. The summed E-state index contributed by atoms with van der Waals surface area (Å²) < 4.78 is 5.78. The molecular formula is C23H18N2O5. The number of hydrogen-bond donors (Lipinski definition) is 1. The second-order valence-electron chi connectivity index (χ2n) is 6.83. The van der Waals surface area contributed by atoms with Gasteiger partial charge in [0.2, 0.25) is 0 Å². The van der Waals surface area contributed by atoms with Crippen molar-refractivity contribution in [3.05, 3.63) is 89.3 Å². The van der Waals surface area contributed by atoms with Gasteiger partial charge in [0.25, 0.3) is 5.91 Å². The quantitative estimate of drug-likeness (QED) is 0.513. The minimum atomic E-state index is -1.00. The molecule has 150 valence electrons. The van der Waals surface area contributed by atoms with Gasteiger partial charge in [-0.2, -0.15) is 0 Å². The highest BCUT2D eigenvalue weighted by Gasteiger charge is 2.38. The fourth-order valence-electron chi connectivity index (χ4n) is 3.21. The van der Waals surface area contributed by atoms with Crippen LogP contribution in [-0.2, 0) is 11.3 Å². The summed E-state index contributed by atoms with van der Waals surface area (Å²) >= 11 is 0. The average molecular weight is 402 g/mol. The molecule has 0 saturated carbocycles. The Morgan fingerprint density at radius 3 is 2.37 bits per heavy atom. The first-order valence-corrected chi connectivity index (χ1v) is 9.23. The predicted molar refractivity (Wildman–Crippen MR) is 109 cm³/mol. The van der Waals surface area contributed by atoms with Gasteiger partial charge >= 0.3 is 12.0 Å². The normalized spacial score (nSPS) is 15.3. The van der Waals surface area contributed by atoms with Crippen LogP contribution in [0.4, 0.5) is 4.79 Å². The number of likely N-dealkylation sites (N-methyl/N-ethyl adjacent to an activating group) is 1. The fourth-order valence-corrected chi connectivity index (χ4v) is 3.21. The molecule has 1 aliphatic rings. The van der Waals surface area contributed by atoms with Crippen LogP contribution >= 0.6 is 0 Å². The molecule has 1 saturated heterocycles. The Morgan fingerprint density at radius 1 is 1.00 bits per heavy atom. The molecule has 4 rings (SSSR count). The summed E-state index contributed by atoms with van der Waals surface area (Å²) in [4.78, 5) is 38.8. The van der Waals surface area contributed by atoms with Crippen molar-refractivity contribution >= 4 is 24.0 Å². The number of urea groups is 1. The molecule has 1 fully saturated rings. The molecule has 0 unspecified atom stereocenters. The van der Waals surface area contributed by atoms with E-state index in [4.69, 9.17) is 9.52 Å². The molecule has 0 spiro atoms. The molecule has 1 aromatic heterocycles. The van der Waals surface area contributed by atoms with Crippen molar-refractivity contribution in [3.63, 3.8) is 0 Å². The van der Waals surface area contributed by atoms with Gasteiger partial charge in [0, 0.05) is 18.7 Å². The van der Waals surface area contributed by atoms with E-state index in [1.165, 1.54) is 28.0 Å².